The zero-order valence-corrected chi connectivity index (χ0v) is 28.4. The molecule has 0 aromatic carbocycles. The van der Waals surface area contributed by atoms with Crippen molar-refractivity contribution in [2.45, 2.75) is 118 Å². The second kappa shape index (κ2) is 13.9. The first-order valence-corrected chi connectivity index (χ1v) is 15.9. The quantitative estimate of drug-likeness (QED) is 0.198. The molecule has 0 unspecified atom stereocenters. The first kappa shape index (κ1) is 34.8. The average Bonchev–Trinajstić information content (AvgIpc) is 3.49. The summed E-state index contributed by atoms with van der Waals surface area (Å²) in [6.45, 7) is 21.5. The van der Waals surface area contributed by atoms with Gasteiger partial charge in [0.05, 0.1) is 12.2 Å². The van der Waals surface area contributed by atoms with E-state index in [0.717, 1.165) is 19.3 Å². The highest BCUT2D eigenvalue weighted by atomic mass is 16.6. The number of hydrogen-bond donors (Lipinski definition) is 2. The predicted octanol–water partition coefficient (Wildman–Crippen LogP) is 9.76. The molecule has 234 valence electrons. The van der Waals surface area contributed by atoms with Crippen molar-refractivity contribution in [3.05, 3.63) is 119 Å². The summed E-state index contributed by atoms with van der Waals surface area (Å²) < 4.78 is 6.25. The van der Waals surface area contributed by atoms with E-state index < -0.39 is 0 Å². The fourth-order valence-electron chi connectivity index (χ4n) is 7.06. The Morgan fingerprint density at radius 2 is 1.19 bits per heavy atom. The molecule has 0 radical (unpaired) electrons. The van der Waals surface area contributed by atoms with Gasteiger partial charge in [0.2, 0.25) is 0 Å². The second-order valence-electron chi connectivity index (χ2n) is 14.6. The minimum Gasteiger partial charge on any atom is -0.393 e. The number of epoxide rings is 1. The topological polar surface area (TPSA) is 53.0 Å². The van der Waals surface area contributed by atoms with E-state index in [2.05, 4.69) is 154 Å². The number of fused-ring (bicyclic) bond motifs is 1. The molecule has 1 aliphatic heterocycles. The lowest BCUT2D eigenvalue weighted by Gasteiger charge is -2.39. The summed E-state index contributed by atoms with van der Waals surface area (Å²) >= 11 is 0. The van der Waals surface area contributed by atoms with Crippen molar-refractivity contribution in [3.63, 3.8) is 0 Å². The van der Waals surface area contributed by atoms with Crippen LogP contribution >= 0.6 is 0 Å². The maximum Gasteiger partial charge on any atom is 0.121 e. The Balaban J connectivity index is 1.50. The first-order valence-electron chi connectivity index (χ1n) is 15.9. The van der Waals surface area contributed by atoms with Crippen LogP contribution in [-0.2, 0) is 4.74 Å². The fourth-order valence-corrected chi connectivity index (χ4v) is 7.06. The highest BCUT2D eigenvalue weighted by molar-refractivity contribution is 5.39. The Morgan fingerprint density at radius 1 is 0.674 bits per heavy atom. The molecular weight excluding hydrogens is 528 g/mol. The molecule has 0 spiro atoms. The molecule has 2 N–H and O–H groups in total. The van der Waals surface area contributed by atoms with Gasteiger partial charge in [-0.3, -0.25) is 0 Å². The Morgan fingerprint density at radius 3 is 1.72 bits per heavy atom. The highest BCUT2D eigenvalue weighted by Crippen LogP contribution is 2.66. The van der Waals surface area contributed by atoms with Gasteiger partial charge in [-0.2, -0.15) is 0 Å². The molecule has 2 aliphatic carbocycles. The highest BCUT2D eigenvalue weighted by Gasteiger charge is 2.74. The van der Waals surface area contributed by atoms with Gasteiger partial charge in [0.1, 0.15) is 11.2 Å². The van der Waals surface area contributed by atoms with Gasteiger partial charge in [0.15, 0.2) is 0 Å². The summed E-state index contributed by atoms with van der Waals surface area (Å²) in [6, 6.07) is 0. The maximum absolute atomic E-state index is 10.2. The van der Waals surface area contributed by atoms with Crippen molar-refractivity contribution in [1.29, 1.82) is 0 Å². The van der Waals surface area contributed by atoms with Crippen LogP contribution < -0.4 is 0 Å². The maximum atomic E-state index is 10.2. The molecule has 0 amide bonds. The molecule has 0 bridgehead atoms. The molecule has 0 aromatic rings. The smallest absolute Gasteiger partial charge is 0.121 e. The summed E-state index contributed by atoms with van der Waals surface area (Å²) in [4.78, 5) is 0. The Bertz CT molecular complexity index is 1330. The van der Waals surface area contributed by atoms with Crippen LogP contribution in [0.25, 0.3) is 0 Å². The number of aliphatic hydroxyl groups is 2. The van der Waals surface area contributed by atoms with Crippen LogP contribution in [-0.4, -0.2) is 33.6 Å². The third kappa shape index (κ3) is 8.91. The van der Waals surface area contributed by atoms with Gasteiger partial charge in [0.25, 0.3) is 0 Å². The minimum atomic E-state index is -0.291. The molecule has 0 aromatic heterocycles. The van der Waals surface area contributed by atoms with E-state index >= 15 is 0 Å². The summed E-state index contributed by atoms with van der Waals surface area (Å²) in [6.07, 6.45) is 32.3. The number of hydrogen-bond acceptors (Lipinski definition) is 3. The lowest BCUT2D eigenvalue weighted by molar-refractivity contribution is 0.0515. The third-order valence-corrected chi connectivity index (χ3v) is 9.34. The Labute approximate surface area is 262 Å². The molecular formula is C40H56O3. The van der Waals surface area contributed by atoms with Crippen LogP contribution in [0.3, 0.4) is 0 Å². The summed E-state index contributed by atoms with van der Waals surface area (Å²) in [5, 5.41) is 20.4. The number of rotatable bonds is 10. The second-order valence-corrected chi connectivity index (χ2v) is 14.6. The van der Waals surface area contributed by atoms with E-state index in [1.807, 2.05) is 0 Å². The minimum absolute atomic E-state index is 0.00262. The van der Waals surface area contributed by atoms with E-state index in [4.69, 9.17) is 4.74 Å². The van der Waals surface area contributed by atoms with E-state index in [0.29, 0.717) is 6.42 Å². The molecule has 43 heavy (non-hydrogen) atoms. The number of ether oxygens (including phenoxy) is 1. The molecule has 1 saturated heterocycles. The van der Waals surface area contributed by atoms with Gasteiger partial charge in [-0.05, 0) is 77.9 Å². The largest absolute Gasteiger partial charge is 0.393 e. The van der Waals surface area contributed by atoms with Crippen LogP contribution in [0.4, 0.5) is 0 Å². The number of aliphatic hydroxyl groups excluding tert-OH is 2. The standard InChI is InChI=1S/C40H56O3/c1-29(17-13-19-31(3)21-22-36-33(5)25-34(41)26-37(36,6)7)15-11-12-16-30(2)18-14-20-32(4)23-24-40-38(8,9)27-35(42)28-39(40,10)43-40/h11-24,34-35,41-42H,25-28H2,1-10H3/b12-11+,17-13-,18-14-,22-21-,24-23+,29-15+,30-16+,31-19-,32-20-/t34-,35+,39-,40+/m1/s1. The molecule has 3 heteroatoms. The lowest BCUT2D eigenvalue weighted by Crippen LogP contribution is -2.46. The third-order valence-electron chi connectivity index (χ3n) is 9.34. The van der Waals surface area contributed by atoms with Crippen LogP contribution in [0.1, 0.15) is 94.9 Å². The zero-order chi connectivity index (χ0) is 32.1. The molecule has 1 saturated carbocycles. The van der Waals surface area contributed by atoms with Crippen LogP contribution in [0.5, 0.6) is 0 Å². The molecule has 2 fully saturated rings. The summed E-state index contributed by atoms with van der Waals surface area (Å²) in [7, 11) is 0. The van der Waals surface area contributed by atoms with Crippen molar-refractivity contribution in [2.24, 2.45) is 10.8 Å². The van der Waals surface area contributed by atoms with Gasteiger partial charge < -0.3 is 14.9 Å². The first-order chi connectivity index (χ1) is 20.0. The monoisotopic (exact) mass is 584 g/mol. The van der Waals surface area contributed by atoms with E-state index in [-0.39, 0.29) is 34.2 Å². The lowest BCUT2D eigenvalue weighted by atomic mass is 9.63. The summed E-state index contributed by atoms with van der Waals surface area (Å²) in [5.41, 5.74) is 6.71. The van der Waals surface area contributed by atoms with E-state index in [1.54, 1.807) is 0 Å². The van der Waals surface area contributed by atoms with Gasteiger partial charge in [0, 0.05) is 11.8 Å². The van der Waals surface area contributed by atoms with Crippen molar-refractivity contribution >= 4 is 0 Å². The average molecular weight is 585 g/mol. The SMILES string of the molecule is CC1=C(\C=C/C(C)=C\C=C/C(C)=C/C=C/C=C(C)/C=C\C=C(C)/C=C/[C@@]23O[C@]2(C)C[C@@H](O)CC3(C)C)C(C)(C)C[C@H](O)C1. The van der Waals surface area contributed by atoms with Crippen LogP contribution in [0.15, 0.2) is 119 Å². The molecule has 3 aliphatic rings. The molecule has 3 nitrogen and oxygen atoms in total. The van der Waals surface area contributed by atoms with E-state index in [1.165, 1.54) is 33.4 Å². The predicted molar refractivity (Wildman–Crippen MR) is 184 cm³/mol. The molecule has 4 atom stereocenters. The number of allylic oxidation sites excluding steroid dienone is 18. The van der Waals surface area contributed by atoms with Gasteiger partial charge >= 0.3 is 0 Å². The van der Waals surface area contributed by atoms with Crippen molar-refractivity contribution in [2.75, 3.05) is 0 Å². The van der Waals surface area contributed by atoms with Crippen LogP contribution in [0, 0.1) is 10.8 Å². The van der Waals surface area contributed by atoms with Crippen molar-refractivity contribution < 1.29 is 14.9 Å². The van der Waals surface area contributed by atoms with Crippen LogP contribution in [0.2, 0.25) is 0 Å². The Kier molecular flexibility index (Phi) is 11.3. The molecule has 3 rings (SSSR count). The van der Waals surface area contributed by atoms with Gasteiger partial charge in [-0.1, -0.05) is 135 Å². The van der Waals surface area contributed by atoms with Gasteiger partial charge in [-0.25, -0.2) is 0 Å². The van der Waals surface area contributed by atoms with E-state index in [9.17, 15) is 10.2 Å². The van der Waals surface area contributed by atoms with Gasteiger partial charge in [-0.15, -0.1) is 0 Å². The van der Waals surface area contributed by atoms with Crippen molar-refractivity contribution in [3.8, 4) is 0 Å². The van der Waals surface area contributed by atoms with Crippen molar-refractivity contribution in [1.82, 2.24) is 0 Å². The fraction of sp³-hybridized carbons (Fsp3) is 0.500. The summed E-state index contributed by atoms with van der Waals surface area (Å²) in [5.74, 6) is 0. The zero-order valence-electron chi connectivity index (χ0n) is 28.4. The Hall–Kier alpha value is -2.72. The molecule has 1 heterocycles. The normalized spacial score (nSPS) is 32.3.